The zero-order chi connectivity index (χ0) is 16.4. The Morgan fingerprint density at radius 3 is 1.67 bits per heavy atom. The molecule has 0 aliphatic rings. The molecule has 0 aliphatic carbocycles. The highest BCUT2D eigenvalue weighted by Gasteiger charge is 2.35. The van der Waals surface area contributed by atoms with Gasteiger partial charge in [-0.3, -0.25) is 0 Å². The van der Waals surface area contributed by atoms with Gasteiger partial charge < -0.3 is 15.3 Å². The molecule has 1 aromatic carbocycles. The van der Waals surface area contributed by atoms with Crippen LogP contribution in [-0.4, -0.2) is 49.1 Å². The third-order valence-electron chi connectivity index (χ3n) is 3.82. The van der Waals surface area contributed by atoms with Crippen molar-refractivity contribution in [2.45, 2.75) is 38.1 Å². The quantitative estimate of drug-likeness (QED) is 0.587. The molecule has 0 aromatic heterocycles. The van der Waals surface area contributed by atoms with Crippen LogP contribution >= 0.6 is 0 Å². The van der Waals surface area contributed by atoms with Crippen LogP contribution in [0.1, 0.15) is 22.3 Å². The average molecular weight is 317 g/mol. The minimum Gasteiger partial charge on any atom is -0.394 e. The fourth-order valence-electron chi connectivity index (χ4n) is 2.17. The van der Waals surface area contributed by atoms with E-state index in [9.17, 15) is 23.7 Å². The summed E-state index contributed by atoms with van der Waals surface area (Å²) in [5, 5.41) is 27.9. The van der Waals surface area contributed by atoms with E-state index >= 15 is 0 Å². The number of sulfonamides is 1. The summed E-state index contributed by atoms with van der Waals surface area (Å²) in [4.78, 5) is 0.125. The van der Waals surface area contributed by atoms with Crippen molar-refractivity contribution in [3.63, 3.8) is 0 Å². The summed E-state index contributed by atoms with van der Waals surface area (Å²) in [5.74, 6) is 0. The lowest BCUT2D eigenvalue weighted by molar-refractivity contribution is 0.0581. The van der Waals surface area contributed by atoms with Crippen LogP contribution in [0.15, 0.2) is 11.0 Å². The molecule has 7 heteroatoms. The summed E-state index contributed by atoms with van der Waals surface area (Å²) in [6, 6.07) is 1.90. The third-order valence-corrected chi connectivity index (χ3v) is 5.68. The largest absolute Gasteiger partial charge is 0.394 e. The SMILES string of the molecule is Cc1cc(C)c(C)c(S(=O)(=O)NC(CO)(CO)CO)c1C. The van der Waals surface area contributed by atoms with Gasteiger partial charge in [0.05, 0.1) is 24.7 Å². The van der Waals surface area contributed by atoms with Gasteiger partial charge in [-0.1, -0.05) is 6.07 Å². The minimum atomic E-state index is -3.99. The number of hydrogen-bond acceptors (Lipinski definition) is 5. The molecule has 1 aromatic rings. The second-order valence-corrected chi connectivity index (χ2v) is 7.07. The molecule has 0 saturated carbocycles. The van der Waals surface area contributed by atoms with Crippen molar-refractivity contribution in [3.8, 4) is 0 Å². The molecule has 0 saturated heterocycles. The van der Waals surface area contributed by atoms with Gasteiger partial charge in [-0.25, -0.2) is 8.42 Å². The molecule has 1 rings (SSSR count). The van der Waals surface area contributed by atoms with Crippen LogP contribution in [0.2, 0.25) is 0 Å². The zero-order valence-electron chi connectivity index (χ0n) is 12.8. The lowest BCUT2D eigenvalue weighted by atomic mass is 10.0. The molecule has 0 heterocycles. The van der Waals surface area contributed by atoms with Gasteiger partial charge in [0, 0.05) is 0 Å². The summed E-state index contributed by atoms with van der Waals surface area (Å²) in [6.07, 6.45) is 0. The first-order chi connectivity index (χ1) is 9.64. The first kappa shape index (κ1) is 18.1. The lowest BCUT2D eigenvalue weighted by Gasteiger charge is -2.29. The fraction of sp³-hybridized carbons (Fsp3) is 0.571. The van der Waals surface area contributed by atoms with Crippen molar-refractivity contribution in [2.75, 3.05) is 19.8 Å². The van der Waals surface area contributed by atoms with Crippen LogP contribution in [0.5, 0.6) is 0 Å². The Hall–Kier alpha value is -0.990. The van der Waals surface area contributed by atoms with Crippen LogP contribution in [0.3, 0.4) is 0 Å². The molecule has 0 aliphatic heterocycles. The maximum Gasteiger partial charge on any atom is 0.241 e. The molecule has 0 atom stereocenters. The Balaban J connectivity index is 3.46. The highest BCUT2D eigenvalue weighted by atomic mass is 32.2. The van der Waals surface area contributed by atoms with Gasteiger partial charge >= 0.3 is 0 Å². The van der Waals surface area contributed by atoms with E-state index < -0.39 is 35.4 Å². The van der Waals surface area contributed by atoms with Gasteiger partial charge in [0.1, 0.15) is 5.54 Å². The van der Waals surface area contributed by atoms with Gasteiger partial charge in [-0.15, -0.1) is 0 Å². The van der Waals surface area contributed by atoms with Gasteiger partial charge in [0.2, 0.25) is 10.0 Å². The highest BCUT2D eigenvalue weighted by Crippen LogP contribution is 2.26. The third kappa shape index (κ3) is 3.44. The van der Waals surface area contributed by atoms with E-state index in [2.05, 4.69) is 4.72 Å². The van der Waals surface area contributed by atoms with Gasteiger partial charge in [0.15, 0.2) is 0 Å². The highest BCUT2D eigenvalue weighted by molar-refractivity contribution is 7.89. The van der Waals surface area contributed by atoms with Crippen LogP contribution in [0.4, 0.5) is 0 Å². The van der Waals surface area contributed by atoms with E-state index in [1.165, 1.54) is 0 Å². The van der Waals surface area contributed by atoms with Crippen molar-refractivity contribution in [1.82, 2.24) is 4.72 Å². The number of benzene rings is 1. The van der Waals surface area contributed by atoms with Gasteiger partial charge in [-0.05, 0) is 49.9 Å². The maximum absolute atomic E-state index is 12.6. The normalized spacial score (nSPS) is 12.7. The molecule has 0 bridgehead atoms. The monoisotopic (exact) mass is 317 g/mol. The Kier molecular flexibility index (Phi) is 5.51. The van der Waals surface area contributed by atoms with Crippen molar-refractivity contribution in [2.24, 2.45) is 0 Å². The first-order valence-corrected chi connectivity index (χ1v) is 8.06. The van der Waals surface area contributed by atoms with Crippen LogP contribution in [0, 0.1) is 27.7 Å². The second-order valence-electron chi connectivity index (χ2n) is 5.45. The Bertz CT molecular complexity index is 586. The van der Waals surface area contributed by atoms with E-state index in [4.69, 9.17) is 0 Å². The topological polar surface area (TPSA) is 107 Å². The number of aliphatic hydroxyl groups excluding tert-OH is 3. The van der Waals surface area contributed by atoms with E-state index in [1.54, 1.807) is 13.8 Å². The Morgan fingerprint density at radius 2 is 1.33 bits per heavy atom. The Morgan fingerprint density at radius 1 is 0.952 bits per heavy atom. The second kappa shape index (κ2) is 6.41. The van der Waals surface area contributed by atoms with Crippen molar-refractivity contribution >= 4 is 10.0 Å². The van der Waals surface area contributed by atoms with E-state index in [0.29, 0.717) is 11.1 Å². The number of aliphatic hydroxyl groups is 3. The van der Waals surface area contributed by atoms with Crippen LogP contribution in [0.25, 0.3) is 0 Å². The molecular formula is C14H23NO5S. The fourth-order valence-corrected chi connectivity index (χ4v) is 4.16. The van der Waals surface area contributed by atoms with Crippen molar-refractivity contribution in [3.05, 3.63) is 28.3 Å². The molecule has 6 nitrogen and oxygen atoms in total. The predicted octanol–water partition coefficient (Wildman–Crippen LogP) is -0.0857. The van der Waals surface area contributed by atoms with Crippen LogP contribution < -0.4 is 4.72 Å². The van der Waals surface area contributed by atoms with Gasteiger partial charge in [0.25, 0.3) is 0 Å². The summed E-state index contributed by atoms with van der Waals surface area (Å²) in [5.41, 5.74) is 1.19. The number of nitrogens with one attached hydrogen (secondary N) is 1. The first-order valence-electron chi connectivity index (χ1n) is 6.58. The standard InChI is InChI=1S/C14H23NO5S/c1-9-5-10(2)12(4)13(11(9)3)21(19,20)15-14(6-16,7-17)8-18/h5,15-18H,6-8H2,1-4H3. The molecule has 120 valence electrons. The molecule has 0 fully saturated rings. The molecule has 0 radical (unpaired) electrons. The van der Waals surface area contributed by atoms with Gasteiger partial charge in [-0.2, -0.15) is 4.72 Å². The maximum atomic E-state index is 12.6. The summed E-state index contributed by atoms with van der Waals surface area (Å²) in [6.45, 7) is 4.92. The van der Waals surface area contributed by atoms with Crippen LogP contribution in [-0.2, 0) is 10.0 Å². The number of hydrogen-bond donors (Lipinski definition) is 4. The molecule has 0 spiro atoms. The summed E-state index contributed by atoms with van der Waals surface area (Å²) in [7, 11) is -3.99. The zero-order valence-corrected chi connectivity index (χ0v) is 13.6. The van der Waals surface area contributed by atoms with E-state index in [0.717, 1.165) is 11.1 Å². The van der Waals surface area contributed by atoms with Crippen molar-refractivity contribution < 1.29 is 23.7 Å². The lowest BCUT2D eigenvalue weighted by Crippen LogP contribution is -2.57. The molecule has 21 heavy (non-hydrogen) atoms. The molecule has 4 N–H and O–H groups in total. The van der Waals surface area contributed by atoms with E-state index in [1.807, 2.05) is 19.9 Å². The Labute approximate surface area is 125 Å². The molecule has 0 amide bonds. The smallest absolute Gasteiger partial charge is 0.241 e. The summed E-state index contributed by atoms with van der Waals surface area (Å²) < 4.78 is 27.5. The molecule has 0 unspecified atom stereocenters. The van der Waals surface area contributed by atoms with E-state index in [-0.39, 0.29) is 4.90 Å². The molecular weight excluding hydrogens is 294 g/mol. The number of rotatable bonds is 6. The average Bonchev–Trinajstić information content (AvgIpc) is 2.43. The summed E-state index contributed by atoms with van der Waals surface area (Å²) >= 11 is 0. The predicted molar refractivity (Wildman–Crippen MR) is 79.7 cm³/mol. The minimum absolute atomic E-state index is 0.125. The number of aryl methyl sites for hydroxylation is 2. The van der Waals surface area contributed by atoms with Crippen molar-refractivity contribution in [1.29, 1.82) is 0 Å².